The van der Waals surface area contributed by atoms with Gasteiger partial charge in [0.15, 0.2) is 6.10 Å². The summed E-state index contributed by atoms with van der Waals surface area (Å²) < 4.78 is 16.7. The van der Waals surface area contributed by atoms with E-state index in [4.69, 9.17) is 14.2 Å². The Morgan fingerprint density at radius 3 is 1.00 bits per heavy atom. The first-order valence-corrected chi connectivity index (χ1v) is 26.2. The highest BCUT2D eigenvalue weighted by Gasteiger charge is 2.19. The van der Waals surface area contributed by atoms with Crippen LogP contribution < -0.4 is 0 Å². The van der Waals surface area contributed by atoms with Gasteiger partial charge in [-0.3, -0.25) is 14.4 Å². The number of allylic oxidation sites excluding steroid dienone is 22. The second kappa shape index (κ2) is 53.2. The number of carbonyl (C=O) groups is 3. The number of carbonyl (C=O) groups excluding carboxylic acids is 3. The smallest absolute Gasteiger partial charge is 0.306 e. The SMILES string of the molecule is CC/C=C\C/C=C\C/C=C\C/C=C\C/C=C\C/C=C\CCC(=O)OCC(COC(=O)CCCCCCCCCCCCCC)OC(=O)CCC/C=C\C/C=C\C/C=C\C/C=C\C/C=C\CC. The highest BCUT2D eigenvalue weighted by molar-refractivity contribution is 5.71. The zero-order valence-electron chi connectivity index (χ0n) is 42.1. The van der Waals surface area contributed by atoms with Crippen molar-refractivity contribution in [3.63, 3.8) is 0 Å². The highest BCUT2D eigenvalue weighted by atomic mass is 16.6. The molecule has 0 saturated carbocycles. The van der Waals surface area contributed by atoms with Crippen molar-refractivity contribution in [2.75, 3.05) is 13.2 Å². The number of esters is 3. The van der Waals surface area contributed by atoms with Crippen LogP contribution in [0.5, 0.6) is 0 Å². The van der Waals surface area contributed by atoms with Gasteiger partial charge in [0.2, 0.25) is 0 Å². The molecule has 0 radical (unpaired) electrons. The molecule has 370 valence electrons. The number of ether oxygens (including phenoxy) is 3. The van der Waals surface area contributed by atoms with Crippen LogP contribution in [0.3, 0.4) is 0 Å². The fraction of sp³-hybridized carbons (Fsp3) is 0.583. The Bertz CT molecular complexity index is 1460. The molecule has 6 nitrogen and oxygen atoms in total. The fourth-order valence-corrected chi connectivity index (χ4v) is 6.56. The summed E-state index contributed by atoms with van der Waals surface area (Å²) in [5.41, 5.74) is 0. The molecule has 0 aromatic carbocycles. The van der Waals surface area contributed by atoms with Gasteiger partial charge in [-0.2, -0.15) is 0 Å². The van der Waals surface area contributed by atoms with Gasteiger partial charge in [0, 0.05) is 19.3 Å². The molecule has 0 bridgehead atoms. The molecule has 0 heterocycles. The second-order valence-corrected chi connectivity index (χ2v) is 16.7. The summed E-state index contributed by atoms with van der Waals surface area (Å²) in [4.78, 5) is 38.0. The summed E-state index contributed by atoms with van der Waals surface area (Å²) in [6, 6.07) is 0. The molecule has 0 aliphatic heterocycles. The van der Waals surface area contributed by atoms with E-state index in [1.807, 2.05) is 12.2 Å². The van der Waals surface area contributed by atoms with E-state index in [1.165, 1.54) is 57.8 Å². The zero-order valence-corrected chi connectivity index (χ0v) is 42.1. The molecule has 0 amide bonds. The molecule has 0 aliphatic carbocycles. The third-order valence-electron chi connectivity index (χ3n) is 10.4. The van der Waals surface area contributed by atoms with E-state index < -0.39 is 12.1 Å². The molecule has 0 aliphatic rings. The standard InChI is InChI=1S/C60H94O6/c1-4-7-10-13-16-19-22-25-27-29-30-32-33-35-38-41-44-47-50-53-59(62)65-56-57(55-64-58(61)52-49-46-43-40-37-24-21-18-15-12-9-6-3)66-60(63)54-51-48-45-42-39-36-34-31-28-26-23-20-17-14-11-8-5-2/h7-8,10-11,16-17,19-20,25-28,30,32,34-36,38,42,44-45,47,57H,4-6,9,12-15,18,21-24,29,31,33,37,39-41,43,46,48-56H2,1-3H3/b10-7-,11-8-,19-16-,20-17-,27-25-,28-26-,32-30-,36-34-,38-35-,45-42-,47-44-. The van der Waals surface area contributed by atoms with Crippen LogP contribution in [0.4, 0.5) is 0 Å². The van der Waals surface area contributed by atoms with E-state index in [1.54, 1.807) is 0 Å². The minimum Gasteiger partial charge on any atom is -0.462 e. The summed E-state index contributed by atoms with van der Waals surface area (Å²) in [7, 11) is 0. The minimum atomic E-state index is -0.841. The van der Waals surface area contributed by atoms with Crippen LogP contribution in [0.25, 0.3) is 0 Å². The summed E-state index contributed by atoms with van der Waals surface area (Å²) in [6.45, 7) is 6.27. The van der Waals surface area contributed by atoms with E-state index in [0.29, 0.717) is 19.3 Å². The zero-order chi connectivity index (χ0) is 47.9. The van der Waals surface area contributed by atoms with Gasteiger partial charge in [-0.25, -0.2) is 0 Å². The monoisotopic (exact) mass is 911 g/mol. The predicted octanol–water partition coefficient (Wildman–Crippen LogP) is 17.5. The van der Waals surface area contributed by atoms with Crippen molar-refractivity contribution in [3.05, 3.63) is 134 Å². The molecular weight excluding hydrogens is 817 g/mol. The Labute approximate surface area is 405 Å². The normalized spacial score (nSPS) is 13.2. The lowest BCUT2D eigenvalue weighted by atomic mass is 10.0. The van der Waals surface area contributed by atoms with E-state index >= 15 is 0 Å². The van der Waals surface area contributed by atoms with Crippen LogP contribution in [0.15, 0.2) is 134 Å². The van der Waals surface area contributed by atoms with Gasteiger partial charge in [-0.15, -0.1) is 0 Å². The van der Waals surface area contributed by atoms with Gasteiger partial charge in [0.25, 0.3) is 0 Å². The average Bonchev–Trinajstić information content (AvgIpc) is 3.31. The molecule has 66 heavy (non-hydrogen) atoms. The maximum absolute atomic E-state index is 12.8. The van der Waals surface area contributed by atoms with Crippen LogP contribution in [0.1, 0.15) is 207 Å². The van der Waals surface area contributed by atoms with Crippen molar-refractivity contribution in [1.82, 2.24) is 0 Å². The summed E-state index contributed by atoms with van der Waals surface area (Å²) in [6.07, 6.45) is 74.5. The van der Waals surface area contributed by atoms with Crippen molar-refractivity contribution in [3.8, 4) is 0 Å². The first kappa shape index (κ1) is 61.5. The van der Waals surface area contributed by atoms with Crippen LogP contribution in [0, 0.1) is 0 Å². The van der Waals surface area contributed by atoms with Gasteiger partial charge in [-0.1, -0.05) is 225 Å². The van der Waals surface area contributed by atoms with Crippen molar-refractivity contribution in [2.45, 2.75) is 213 Å². The van der Waals surface area contributed by atoms with Gasteiger partial charge in [-0.05, 0) is 96.3 Å². The van der Waals surface area contributed by atoms with Crippen molar-refractivity contribution < 1.29 is 28.6 Å². The molecule has 0 fully saturated rings. The summed E-state index contributed by atoms with van der Waals surface area (Å²) in [5.74, 6) is -1.08. The molecular formula is C60H94O6. The topological polar surface area (TPSA) is 78.9 Å². The number of rotatable bonds is 45. The Hall–Kier alpha value is -4.45. The third kappa shape index (κ3) is 50.5. The van der Waals surface area contributed by atoms with Crippen LogP contribution >= 0.6 is 0 Å². The maximum Gasteiger partial charge on any atom is 0.306 e. The number of unbranched alkanes of at least 4 members (excludes halogenated alkanes) is 12. The first-order chi connectivity index (χ1) is 32.5. The van der Waals surface area contributed by atoms with Crippen LogP contribution in [0.2, 0.25) is 0 Å². The van der Waals surface area contributed by atoms with Gasteiger partial charge in [0.1, 0.15) is 13.2 Å². The average molecular weight is 911 g/mol. The molecule has 0 N–H and O–H groups in total. The van der Waals surface area contributed by atoms with E-state index in [2.05, 4.69) is 142 Å². The van der Waals surface area contributed by atoms with E-state index in [9.17, 15) is 14.4 Å². The van der Waals surface area contributed by atoms with Gasteiger partial charge < -0.3 is 14.2 Å². The number of hydrogen-bond acceptors (Lipinski definition) is 6. The lowest BCUT2D eigenvalue weighted by Gasteiger charge is -2.18. The molecule has 0 rings (SSSR count). The molecule has 1 unspecified atom stereocenters. The summed E-state index contributed by atoms with van der Waals surface area (Å²) in [5, 5.41) is 0. The minimum absolute atomic E-state index is 0.127. The number of hydrogen-bond donors (Lipinski definition) is 0. The molecule has 0 spiro atoms. The third-order valence-corrected chi connectivity index (χ3v) is 10.4. The Kier molecular flexibility index (Phi) is 49.6. The molecule has 6 heteroatoms. The van der Waals surface area contributed by atoms with Crippen molar-refractivity contribution >= 4 is 17.9 Å². The maximum atomic E-state index is 12.8. The highest BCUT2D eigenvalue weighted by Crippen LogP contribution is 2.13. The lowest BCUT2D eigenvalue weighted by molar-refractivity contribution is -0.166. The molecule has 1 atom stereocenters. The van der Waals surface area contributed by atoms with Crippen molar-refractivity contribution in [2.24, 2.45) is 0 Å². The second-order valence-electron chi connectivity index (χ2n) is 16.7. The lowest BCUT2D eigenvalue weighted by Crippen LogP contribution is -2.30. The van der Waals surface area contributed by atoms with Crippen LogP contribution in [-0.2, 0) is 28.6 Å². The van der Waals surface area contributed by atoms with Crippen molar-refractivity contribution in [1.29, 1.82) is 0 Å². The summed E-state index contributed by atoms with van der Waals surface area (Å²) >= 11 is 0. The Balaban J connectivity index is 4.61. The molecule has 0 aromatic rings. The predicted molar refractivity (Wildman–Crippen MR) is 283 cm³/mol. The van der Waals surface area contributed by atoms with E-state index in [-0.39, 0.29) is 38.0 Å². The quantitative estimate of drug-likeness (QED) is 0.0262. The molecule has 0 saturated heterocycles. The van der Waals surface area contributed by atoms with Crippen LogP contribution in [-0.4, -0.2) is 37.2 Å². The van der Waals surface area contributed by atoms with Gasteiger partial charge in [0.05, 0.1) is 0 Å². The fourth-order valence-electron chi connectivity index (χ4n) is 6.56. The van der Waals surface area contributed by atoms with E-state index in [0.717, 1.165) is 96.3 Å². The molecule has 0 aromatic heterocycles. The largest absolute Gasteiger partial charge is 0.462 e. The Morgan fingerprint density at radius 2 is 0.621 bits per heavy atom. The Morgan fingerprint density at radius 1 is 0.318 bits per heavy atom. The van der Waals surface area contributed by atoms with Gasteiger partial charge >= 0.3 is 17.9 Å². The first-order valence-electron chi connectivity index (χ1n) is 26.2.